The summed E-state index contributed by atoms with van der Waals surface area (Å²) < 4.78 is 0. The fourth-order valence-electron chi connectivity index (χ4n) is 1.62. The highest BCUT2D eigenvalue weighted by Crippen LogP contribution is 2.16. The maximum Gasteiger partial charge on any atom is 0.318 e. The molecule has 1 fully saturated rings. The zero-order valence-corrected chi connectivity index (χ0v) is 11.1. The summed E-state index contributed by atoms with van der Waals surface area (Å²) in [5.41, 5.74) is 4.95. The van der Waals surface area contributed by atoms with Crippen molar-refractivity contribution in [3.63, 3.8) is 0 Å². The molecule has 0 aromatic carbocycles. The van der Waals surface area contributed by atoms with Crippen molar-refractivity contribution in [2.24, 2.45) is 11.7 Å². The quantitative estimate of drug-likeness (QED) is 0.723. The molecule has 0 aromatic heterocycles. The van der Waals surface area contributed by atoms with Gasteiger partial charge in [-0.1, -0.05) is 19.1 Å². The van der Waals surface area contributed by atoms with Gasteiger partial charge in [-0.25, -0.2) is 4.79 Å². The molecule has 1 heterocycles. The largest absolute Gasteiger partial charge is 0.391 e. The van der Waals surface area contributed by atoms with Crippen molar-refractivity contribution < 1.29 is 4.79 Å². The number of urea groups is 1. The van der Waals surface area contributed by atoms with Crippen molar-refractivity contribution in [3.8, 4) is 0 Å². The van der Waals surface area contributed by atoms with Crippen LogP contribution in [0.15, 0.2) is 0 Å². The zero-order chi connectivity index (χ0) is 12.3. The normalized spacial score (nSPS) is 18.3. The molecule has 1 rings (SSSR count). The first kappa shape index (κ1) is 13.2. The van der Waals surface area contributed by atoms with E-state index in [0.29, 0.717) is 10.9 Å². The molecular formula is C11H21N3OS. The number of hydrogen-bond acceptors (Lipinski definition) is 2. The Kier molecular flexibility index (Phi) is 4.13. The Morgan fingerprint density at radius 3 is 2.38 bits per heavy atom. The molecule has 5 heteroatoms. The Balaban J connectivity index is 2.50. The summed E-state index contributed by atoms with van der Waals surface area (Å²) in [6, 6.07) is -0.0651. The van der Waals surface area contributed by atoms with E-state index in [9.17, 15) is 4.79 Å². The van der Waals surface area contributed by atoms with Crippen LogP contribution in [0.3, 0.4) is 0 Å². The van der Waals surface area contributed by atoms with Gasteiger partial charge in [0.15, 0.2) is 0 Å². The molecular weight excluding hydrogens is 222 g/mol. The third-order valence-electron chi connectivity index (χ3n) is 3.11. The Bertz CT molecular complexity index is 283. The van der Waals surface area contributed by atoms with E-state index in [1.165, 1.54) is 0 Å². The average molecular weight is 243 g/mol. The second-order valence-corrected chi connectivity index (χ2v) is 5.53. The number of amides is 2. The molecule has 16 heavy (non-hydrogen) atoms. The third kappa shape index (κ3) is 3.33. The first-order valence-corrected chi connectivity index (χ1v) is 6.11. The van der Waals surface area contributed by atoms with Crippen LogP contribution in [-0.4, -0.2) is 34.5 Å². The molecule has 1 aliphatic heterocycles. The highest BCUT2D eigenvalue weighted by molar-refractivity contribution is 7.80. The molecule has 3 N–H and O–H groups in total. The number of likely N-dealkylation sites (tertiary alicyclic amines) is 1. The lowest BCUT2D eigenvalue weighted by Crippen LogP contribution is -2.56. The van der Waals surface area contributed by atoms with Gasteiger partial charge in [0, 0.05) is 13.1 Å². The minimum absolute atomic E-state index is 0.0651. The number of carbonyl (C=O) groups excluding carboxylic acids is 1. The Morgan fingerprint density at radius 2 is 1.94 bits per heavy atom. The molecule has 92 valence electrons. The summed E-state index contributed by atoms with van der Waals surface area (Å²) in [4.78, 5) is 14.1. The van der Waals surface area contributed by atoms with Gasteiger partial charge in [-0.2, -0.15) is 0 Å². The van der Waals surface area contributed by atoms with E-state index in [1.54, 1.807) is 0 Å². The Morgan fingerprint density at radius 1 is 1.44 bits per heavy atom. The molecule has 0 aromatic rings. The van der Waals surface area contributed by atoms with Crippen molar-refractivity contribution in [2.75, 3.05) is 13.1 Å². The Hall–Kier alpha value is -0.840. The maximum absolute atomic E-state index is 11.9. The number of piperidine rings is 1. The maximum atomic E-state index is 11.9. The molecule has 4 nitrogen and oxygen atoms in total. The van der Waals surface area contributed by atoms with Gasteiger partial charge in [-0.15, -0.1) is 0 Å². The van der Waals surface area contributed by atoms with E-state index in [-0.39, 0.29) is 6.03 Å². The standard InChI is InChI=1S/C11H21N3OS/c1-8-4-6-14(7-5-8)10(15)13-11(2,3)9(12)16/h8H,4-7H2,1-3H3,(H2,12,16)(H,13,15). The van der Waals surface area contributed by atoms with Gasteiger partial charge in [0.25, 0.3) is 0 Å². The van der Waals surface area contributed by atoms with Crippen LogP contribution in [-0.2, 0) is 0 Å². The fourth-order valence-corrected chi connectivity index (χ4v) is 1.67. The molecule has 0 bridgehead atoms. The van der Waals surface area contributed by atoms with Crippen molar-refractivity contribution in [1.29, 1.82) is 0 Å². The van der Waals surface area contributed by atoms with E-state index < -0.39 is 5.54 Å². The second kappa shape index (κ2) is 4.99. The lowest BCUT2D eigenvalue weighted by atomic mass is 9.99. The first-order chi connectivity index (χ1) is 7.33. The van der Waals surface area contributed by atoms with Crippen LogP contribution < -0.4 is 11.1 Å². The predicted octanol–water partition coefficient (Wildman–Crippen LogP) is 1.49. The van der Waals surface area contributed by atoms with Crippen LogP contribution in [0.1, 0.15) is 33.6 Å². The number of nitrogens with zero attached hydrogens (tertiary/aromatic N) is 1. The molecule has 1 aliphatic rings. The third-order valence-corrected chi connectivity index (χ3v) is 3.62. The highest BCUT2D eigenvalue weighted by Gasteiger charge is 2.27. The van der Waals surface area contributed by atoms with Crippen molar-refractivity contribution in [3.05, 3.63) is 0 Å². The van der Waals surface area contributed by atoms with Crippen LogP contribution >= 0.6 is 12.2 Å². The molecule has 0 radical (unpaired) electrons. The van der Waals surface area contributed by atoms with Gasteiger partial charge in [-0.3, -0.25) is 0 Å². The molecule has 0 aliphatic carbocycles. The fraction of sp³-hybridized carbons (Fsp3) is 0.818. The lowest BCUT2D eigenvalue weighted by Gasteiger charge is -2.34. The summed E-state index contributed by atoms with van der Waals surface area (Å²) in [5.74, 6) is 0.715. The summed E-state index contributed by atoms with van der Waals surface area (Å²) in [6.07, 6.45) is 2.14. The summed E-state index contributed by atoms with van der Waals surface area (Å²) >= 11 is 4.91. The number of rotatable bonds is 2. The molecule has 0 spiro atoms. The van der Waals surface area contributed by atoms with Crippen LogP contribution in [0.2, 0.25) is 0 Å². The minimum atomic E-state index is -0.616. The molecule has 0 atom stereocenters. The Labute approximate surface area is 103 Å². The monoisotopic (exact) mass is 243 g/mol. The molecule has 0 unspecified atom stereocenters. The van der Waals surface area contributed by atoms with E-state index in [4.69, 9.17) is 18.0 Å². The smallest absolute Gasteiger partial charge is 0.318 e. The number of nitrogens with two attached hydrogens (primary N) is 1. The number of thiocarbonyl (C=S) groups is 1. The summed E-state index contributed by atoms with van der Waals surface area (Å²) in [6.45, 7) is 7.49. The van der Waals surface area contributed by atoms with E-state index in [0.717, 1.165) is 25.9 Å². The van der Waals surface area contributed by atoms with Crippen LogP contribution in [0, 0.1) is 5.92 Å². The highest BCUT2D eigenvalue weighted by atomic mass is 32.1. The van der Waals surface area contributed by atoms with Crippen LogP contribution in [0.25, 0.3) is 0 Å². The van der Waals surface area contributed by atoms with Gasteiger partial charge in [0.1, 0.15) is 0 Å². The van der Waals surface area contributed by atoms with E-state index >= 15 is 0 Å². The SMILES string of the molecule is CC1CCN(C(=O)NC(C)(C)C(N)=S)CC1. The van der Waals surface area contributed by atoms with Gasteiger partial charge in [0.05, 0.1) is 10.5 Å². The first-order valence-electron chi connectivity index (χ1n) is 5.70. The van der Waals surface area contributed by atoms with Gasteiger partial charge >= 0.3 is 6.03 Å². The van der Waals surface area contributed by atoms with Crippen molar-refractivity contribution in [1.82, 2.24) is 10.2 Å². The lowest BCUT2D eigenvalue weighted by molar-refractivity contribution is 0.169. The molecule has 0 saturated carbocycles. The molecule has 1 saturated heterocycles. The zero-order valence-electron chi connectivity index (χ0n) is 10.2. The topological polar surface area (TPSA) is 58.4 Å². The number of hydrogen-bond donors (Lipinski definition) is 2. The summed E-state index contributed by atoms with van der Waals surface area (Å²) in [5, 5.41) is 2.86. The van der Waals surface area contributed by atoms with Crippen molar-refractivity contribution in [2.45, 2.75) is 39.2 Å². The number of nitrogens with one attached hydrogen (secondary N) is 1. The van der Waals surface area contributed by atoms with Gasteiger partial charge < -0.3 is 16.0 Å². The predicted molar refractivity (Wildman–Crippen MR) is 69.4 cm³/mol. The average Bonchev–Trinajstić information content (AvgIpc) is 2.17. The second-order valence-electron chi connectivity index (χ2n) is 5.09. The van der Waals surface area contributed by atoms with Crippen LogP contribution in [0.4, 0.5) is 4.79 Å². The van der Waals surface area contributed by atoms with Crippen molar-refractivity contribution >= 4 is 23.2 Å². The van der Waals surface area contributed by atoms with E-state index in [1.807, 2.05) is 18.7 Å². The summed E-state index contributed by atoms with van der Waals surface area (Å²) in [7, 11) is 0. The number of carbonyl (C=O) groups is 1. The van der Waals surface area contributed by atoms with E-state index in [2.05, 4.69) is 12.2 Å². The van der Waals surface area contributed by atoms with Gasteiger partial charge in [-0.05, 0) is 32.6 Å². The minimum Gasteiger partial charge on any atom is -0.391 e. The molecule has 2 amide bonds. The van der Waals surface area contributed by atoms with Gasteiger partial charge in [0.2, 0.25) is 0 Å². The van der Waals surface area contributed by atoms with Crippen LogP contribution in [0.5, 0.6) is 0 Å².